The molecular formula is C32H46N3O4P. The van der Waals surface area contributed by atoms with E-state index in [1.54, 1.807) is 20.8 Å². The van der Waals surface area contributed by atoms with E-state index in [0.717, 1.165) is 19.0 Å². The lowest BCUT2D eigenvalue weighted by atomic mass is 9.99. The van der Waals surface area contributed by atoms with E-state index >= 15 is 0 Å². The van der Waals surface area contributed by atoms with Crippen LogP contribution >= 0.6 is 7.92 Å². The molecule has 0 saturated carbocycles. The number of carbonyl (C=O) groups excluding carboxylic acids is 3. The number of ether oxygens (including phenoxy) is 1. The molecule has 3 amide bonds. The van der Waals surface area contributed by atoms with Crippen molar-refractivity contribution in [3.8, 4) is 0 Å². The van der Waals surface area contributed by atoms with Gasteiger partial charge in [0, 0.05) is 12.6 Å². The Hall–Kier alpha value is -2.92. The number of likely N-dealkylation sites (tertiary alicyclic amines) is 1. The lowest BCUT2D eigenvalue weighted by molar-refractivity contribution is -0.138. The highest BCUT2D eigenvalue weighted by Crippen LogP contribution is 2.38. The van der Waals surface area contributed by atoms with E-state index in [-0.39, 0.29) is 29.7 Å². The molecule has 2 N–H and O–H groups in total. The van der Waals surface area contributed by atoms with Crippen molar-refractivity contribution in [2.75, 3.05) is 12.7 Å². The molecular weight excluding hydrogens is 521 g/mol. The van der Waals surface area contributed by atoms with E-state index < -0.39 is 31.7 Å². The number of benzene rings is 2. The van der Waals surface area contributed by atoms with Gasteiger partial charge < -0.3 is 20.3 Å². The molecule has 0 radical (unpaired) electrons. The van der Waals surface area contributed by atoms with Crippen LogP contribution in [0.15, 0.2) is 60.7 Å². The second-order valence-electron chi connectivity index (χ2n) is 12.2. The summed E-state index contributed by atoms with van der Waals surface area (Å²) >= 11 is 0. The minimum atomic E-state index is -0.817. The Morgan fingerprint density at radius 3 is 1.88 bits per heavy atom. The van der Waals surface area contributed by atoms with Crippen molar-refractivity contribution in [2.45, 2.75) is 85.0 Å². The molecule has 40 heavy (non-hydrogen) atoms. The van der Waals surface area contributed by atoms with Gasteiger partial charge in [-0.05, 0) is 70.1 Å². The van der Waals surface area contributed by atoms with Gasteiger partial charge in [-0.15, -0.1) is 0 Å². The van der Waals surface area contributed by atoms with E-state index in [1.165, 1.54) is 10.6 Å². The van der Waals surface area contributed by atoms with Gasteiger partial charge in [-0.25, -0.2) is 4.79 Å². The average molecular weight is 568 g/mol. The van der Waals surface area contributed by atoms with Crippen molar-refractivity contribution >= 4 is 36.4 Å². The standard InChI is InChI=1S/C32H46N3O4P/c1-22(2)27(34-31(38)39-32(5,6)7)29(36)33-28(23(3)4)30(37)35-20-14-15-24(35)21-40(25-16-10-8-11-17-25)26-18-12-9-13-19-26/h8-13,16-19,22-24,27-28H,14-15,20-21H2,1-7H3,(H,33,36)(H,34,38)/t24-,27+,28+/m0/s1. The molecule has 1 fully saturated rings. The van der Waals surface area contributed by atoms with Gasteiger partial charge in [0.2, 0.25) is 11.8 Å². The number of alkyl carbamates (subject to hydrolysis) is 1. The second-order valence-corrected chi connectivity index (χ2v) is 14.5. The Labute approximate surface area is 241 Å². The summed E-state index contributed by atoms with van der Waals surface area (Å²) in [6.45, 7) is 13.6. The summed E-state index contributed by atoms with van der Waals surface area (Å²) in [6.07, 6.45) is 2.11. The van der Waals surface area contributed by atoms with Crippen molar-refractivity contribution < 1.29 is 19.1 Å². The molecule has 2 aromatic carbocycles. The molecule has 0 unspecified atom stereocenters. The predicted molar refractivity (Wildman–Crippen MR) is 163 cm³/mol. The Kier molecular flexibility index (Phi) is 11.2. The molecule has 1 heterocycles. The summed E-state index contributed by atoms with van der Waals surface area (Å²) in [5.74, 6) is -0.728. The van der Waals surface area contributed by atoms with Gasteiger partial charge in [0.25, 0.3) is 0 Å². The minimum Gasteiger partial charge on any atom is -0.444 e. The molecule has 8 heteroatoms. The topological polar surface area (TPSA) is 87.7 Å². The normalized spacial score (nSPS) is 17.1. The lowest BCUT2D eigenvalue weighted by Gasteiger charge is -2.34. The number of amides is 3. The largest absolute Gasteiger partial charge is 0.444 e. The Morgan fingerprint density at radius 2 is 1.40 bits per heavy atom. The zero-order valence-corrected chi connectivity index (χ0v) is 25.9. The van der Waals surface area contributed by atoms with Crippen LogP contribution in [0.5, 0.6) is 0 Å². The van der Waals surface area contributed by atoms with Gasteiger partial charge in [-0.2, -0.15) is 0 Å². The molecule has 2 aromatic rings. The molecule has 0 bridgehead atoms. The monoisotopic (exact) mass is 567 g/mol. The summed E-state index contributed by atoms with van der Waals surface area (Å²) in [4.78, 5) is 41.8. The van der Waals surface area contributed by atoms with Crippen molar-refractivity contribution in [3.63, 3.8) is 0 Å². The zero-order chi connectivity index (χ0) is 29.4. The van der Waals surface area contributed by atoms with E-state index in [2.05, 4.69) is 59.2 Å². The summed E-state index contributed by atoms with van der Waals surface area (Å²) < 4.78 is 5.37. The average Bonchev–Trinajstić information content (AvgIpc) is 3.36. The highest BCUT2D eigenvalue weighted by atomic mass is 31.1. The quantitative estimate of drug-likeness (QED) is 0.404. The Balaban J connectivity index is 1.77. The van der Waals surface area contributed by atoms with E-state index in [4.69, 9.17) is 4.74 Å². The van der Waals surface area contributed by atoms with Crippen LogP contribution in [0.1, 0.15) is 61.3 Å². The third kappa shape index (κ3) is 8.79. The maximum atomic E-state index is 14.0. The minimum absolute atomic E-state index is 0.0540. The second kappa shape index (κ2) is 14.1. The van der Waals surface area contributed by atoms with Crippen molar-refractivity contribution in [1.82, 2.24) is 15.5 Å². The van der Waals surface area contributed by atoms with E-state index in [1.807, 2.05) is 44.7 Å². The fourth-order valence-corrected chi connectivity index (χ4v) is 7.59. The molecule has 1 aliphatic rings. The summed E-state index contributed by atoms with van der Waals surface area (Å²) in [5.41, 5.74) is -0.678. The van der Waals surface area contributed by atoms with Gasteiger partial charge in [0.05, 0.1) is 0 Å². The zero-order valence-electron chi connectivity index (χ0n) is 25.0. The Morgan fingerprint density at radius 1 is 0.875 bits per heavy atom. The van der Waals surface area contributed by atoms with Crippen LogP contribution in [0, 0.1) is 11.8 Å². The maximum Gasteiger partial charge on any atom is 0.408 e. The van der Waals surface area contributed by atoms with Crippen LogP contribution in [0.3, 0.4) is 0 Å². The fraction of sp³-hybridized carbons (Fsp3) is 0.531. The van der Waals surface area contributed by atoms with Gasteiger partial charge >= 0.3 is 6.09 Å². The van der Waals surface area contributed by atoms with E-state index in [9.17, 15) is 14.4 Å². The first-order valence-corrected chi connectivity index (χ1v) is 15.9. The Bertz CT molecular complexity index is 1080. The van der Waals surface area contributed by atoms with Crippen LogP contribution in [0.4, 0.5) is 4.79 Å². The number of nitrogens with zero attached hydrogens (tertiary/aromatic N) is 1. The molecule has 7 nitrogen and oxygen atoms in total. The number of rotatable bonds is 10. The summed E-state index contributed by atoms with van der Waals surface area (Å²) in [6, 6.07) is 19.7. The molecule has 3 rings (SSSR count). The van der Waals surface area contributed by atoms with Crippen LogP contribution in [-0.4, -0.2) is 59.2 Å². The maximum absolute atomic E-state index is 14.0. The van der Waals surface area contributed by atoms with Crippen LogP contribution in [0.2, 0.25) is 0 Å². The predicted octanol–water partition coefficient (Wildman–Crippen LogP) is 4.80. The third-order valence-electron chi connectivity index (χ3n) is 7.04. The SMILES string of the molecule is CC(C)[C@@H](NC(=O)OC(C)(C)C)C(=O)N[C@@H](C(=O)N1CCC[C@H]1CP(c1ccccc1)c1ccccc1)C(C)C. The van der Waals surface area contributed by atoms with Crippen molar-refractivity contribution in [3.05, 3.63) is 60.7 Å². The van der Waals surface area contributed by atoms with Gasteiger partial charge in [0.1, 0.15) is 17.7 Å². The van der Waals surface area contributed by atoms with E-state index in [0.29, 0.717) is 6.54 Å². The van der Waals surface area contributed by atoms with Crippen LogP contribution < -0.4 is 21.2 Å². The molecule has 0 aliphatic carbocycles. The summed E-state index contributed by atoms with van der Waals surface area (Å²) in [7, 11) is -0.648. The molecule has 1 saturated heterocycles. The third-order valence-corrected chi connectivity index (χ3v) is 9.67. The first kappa shape index (κ1) is 31.6. The number of nitrogens with one attached hydrogen (secondary N) is 2. The van der Waals surface area contributed by atoms with Gasteiger partial charge in [-0.1, -0.05) is 88.4 Å². The highest BCUT2D eigenvalue weighted by Gasteiger charge is 2.38. The van der Waals surface area contributed by atoms with Crippen LogP contribution in [0.25, 0.3) is 0 Å². The van der Waals surface area contributed by atoms with Gasteiger partial charge in [-0.3, -0.25) is 9.59 Å². The summed E-state index contributed by atoms with van der Waals surface area (Å²) in [5, 5.41) is 8.28. The van der Waals surface area contributed by atoms with Crippen molar-refractivity contribution in [1.29, 1.82) is 0 Å². The molecule has 218 valence electrons. The number of hydrogen-bond acceptors (Lipinski definition) is 4. The van der Waals surface area contributed by atoms with Crippen molar-refractivity contribution in [2.24, 2.45) is 11.8 Å². The smallest absolute Gasteiger partial charge is 0.408 e. The number of carbonyl (C=O) groups is 3. The molecule has 1 aliphatic heterocycles. The fourth-order valence-electron chi connectivity index (χ4n) is 5.01. The molecule has 0 aromatic heterocycles. The highest BCUT2D eigenvalue weighted by molar-refractivity contribution is 7.73. The lowest BCUT2D eigenvalue weighted by Crippen LogP contribution is -2.58. The first-order valence-electron chi connectivity index (χ1n) is 14.4. The first-order chi connectivity index (χ1) is 18.9. The number of hydrogen-bond donors (Lipinski definition) is 2. The molecule has 3 atom stereocenters. The molecule has 0 spiro atoms. The van der Waals surface area contributed by atoms with Crippen LogP contribution in [-0.2, 0) is 14.3 Å². The van der Waals surface area contributed by atoms with Gasteiger partial charge in [0.15, 0.2) is 0 Å².